The Balaban J connectivity index is 1.67. The number of nitrogens with zero attached hydrogens (tertiary/aromatic N) is 3. The average molecular weight is 289 g/mol. The number of hydrogen-bond acceptors (Lipinski definition) is 3. The molecule has 1 aliphatic heterocycles. The number of aromatic nitrogens is 3. The lowest BCUT2D eigenvalue weighted by atomic mass is 9.99. The van der Waals surface area contributed by atoms with Crippen LogP contribution in [-0.2, 0) is 12.8 Å². The van der Waals surface area contributed by atoms with E-state index in [4.69, 9.17) is 0 Å². The molecular weight excluding hydrogens is 268 g/mol. The fourth-order valence-electron chi connectivity index (χ4n) is 2.71. The predicted octanol–water partition coefficient (Wildman–Crippen LogP) is 1.55. The molecule has 0 amide bonds. The summed E-state index contributed by atoms with van der Waals surface area (Å²) in [5.41, 5.74) is 1.33. The van der Waals surface area contributed by atoms with Gasteiger partial charge in [0.05, 0.1) is 19.0 Å². The molecule has 1 fully saturated rings. The van der Waals surface area contributed by atoms with Crippen molar-refractivity contribution in [3.63, 3.8) is 0 Å². The molecule has 1 atom stereocenters. The molecule has 0 aliphatic carbocycles. The van der Waals surface area contributed by atoms with Crippen molar-refractivity contribution in [1.82, 2.24) is 14.8 Å². The standard InChI is InChI=1S/C15H20N4S/c1-19-14(13-8-5-9-16-10-13)17-18-15(19)20-11-12-6-3-2-4-7-12/h2-4,6-7,13,16H,5,8-11H2,1H3/p+1/t13-/m0/s1. The molecule has 0 spiro atoms. The summed E-state index contributed by atoms with van der Waals surface area (Å²) in [4.78, 5) is 0. The third-order valence-corrected chi connectivity index (χ3v) is 4.95. The first-order chi connectivity index (χ1) is 9.84. The van der Waals surface area contributed by atoms with Gasteiger partial charge in [-0.25, -0.2) is 0 Å². The molecule has 3 rings (SSSR count). The van der Waals surface area contributed by atoms with Gasteiger partial charge in [-0.2, -0.15) is 0 Å². The SMILES string of the molecule is Cn1c(SCc2ccccc2)nnc1[C@H]1CCC[NH2+]C1. The Kier molecular flexibility index (Phi) is 4.38. The van der Waals surface area contributed by atoms with E-state index in [1.807, 2.05) is 6.07 Å². The van der Waals surface area contributed by atoms with Crippen LogP contribution >= 0.6 is 11.8 Å². The van der Waals surface area contributed by atoms with Crippen molar-refractivity contribution in [2.45, 2.75) is 29.7 Å². The summed E-state index contributed by atoms with van der Waals surface area (Å²) in [5.74, 6) is 2.66. The number of rotatable bonds is 4. The van der Waals surface area contributed by atoms with Gasteiger partial charge in [-0.15, -0.1) is 10.2 Å². The number of nitrogens with two attached hydrogens (primary N) is 1. The highest BCUT2D eigenvalue weighted by atomic mass is 32.2. The molecule has 0 unspecified atom stereocenters. The number of benzene rings is 1. The Labute approximate surface area is 124 Å². The lowest BCUT2D eigenvalue weighted by molar-refractivity contribution is -0.665. The molecule has 1 aromatic carbocycles. The first-order valence-corrected chi connectivity index (χ1v) is 8.21. The number of thioether (sulfide) groups is 1. The molecule has 106 valence electrons. The van der Waals surface area contributed by atoms with Crippen molar-refractivity contribution in [1.29, 1.82) is 0 Å². The van der Waals surface area contributed by atoms with Gasteiger partial charge in [-0.05, 0) is 18.4 Å². The van der Waals surface area contributed by atoms with E-state index < -0.39 is 0 Å². The van der Waals surface area contributed by atoms with E-state index in [0.717, 1.165) is 23.3 Å². The summed E-state index contributed by atoms with van der Waals surface area (Å²) in [7, 11) is 2.09. The highest BCUT2D eigenvalue weighted by Crippen LogP contribution is 2.25. The minimum absolute atomic E-state index is 0.562. The molecule has 0 saturated carbocycles. The molecule has 0 radical (unpaired) electrons. The smallest absolute Gasteiger partial charge is 0.191 e. The number of quaternary nitrogens is 1. The number of piperidine rings is 1. The molecule has 0 bridgehead atoms. The summed E-state index contributed by atoms with van der Waals surface area (Å²) in [6.45, 7) is 2.40. The summed E-state index contributed by atoms with van der Waals surface area (Å²) in [6.07, 6.45) is 2.52. The molecule has 2 heterocycles. The quantitative estimate of drug-likeness (QED) is 0.869. The van der Waals surface area contributed by atoms with Crippen LogP contribution in [0.4, 0.5) is 0 Å². The third kappa shape index (κ3) is 3.04. The molecule has 2 aromatic rings. The topological polar surface area (TPSA) is 47.3 Å². The van der Waals surface area contributed by atoms with Gasteiger partial charge in [0.15, 0.2) is 5.16 Å². The zero-order chi connectivity index (χ0) is 13.8. The third-order valence-electron chi connectivity index (χ3n) is 3.86. The van der Waals surface area contributed by atoms with E-state index in [1.165, 1.54) is 24.9 Å². The van der Waals surface area contributed by atoms with Crippen LogP contribution in [0.25, 0.3) is 0 Å². The van der Waals surface area contributed by atoms with Gasteiger partial charge in [-0.1, -0.05) is 42.1 Å². The van der Waals surface area contributed by atoms with Gasteiger partial charge in [0, 0.05) is 12.8 Å². The average Bonchev–Trinajstić information content (AvgIpc) is 2.88. The largest absolute Gasteiger partial charge is 0.346 e. The maximum absolute atomic E-state index is 4.42. The van der Waals surface area contributed by atoms with Gasteiger partial charge in [0.25, 0.3) is 0 Å². The minimum Gasteiger partial charge on any atom is -0.346 e. The van der Waals surface area contributed by atoms with Crippen molar-refractivity contribution in [2.75, 3.05) is 13.1 Å². The highest BCUT2D eigenvalue weighted by Gasteiger charge is 2.23. The molecule has 1 aromatic heterocycles. The van der Waals surface area contributed by atoms with Gasteiger partial charge in [-0.3, -0.25) is 0 Å². The predicted molar refractivity (Wildman–Crippen MR) is 80.6 cm³/mol. The van der Waals surface area contributed by atoms with Crippen molar-refractivity contribution in [2.24, 2.45) is 7.05 Å². The lowest BCUT2D eigenvalue weighted by Gasteiger charge is -2.19. The van der Waals surface area contributed by atoms with Crippen LogP contribution in [0.1, 0.15) is 30.1 Å². The van der Waals surface area contributed by atoms with Crippen LogP contribution < -0.4 is 5.32 Å². The molecule has 4 nitrogen and oxygen atoms in total. The number of hydrogen-bond donors (Lipinski definition) is 1. The van der Waals surface area contributed by atoms with Crippen LogP contribution in [0.15, 0.2) is 35.5 Å². The molecule has 1 aliphatic rings. The first kappa shape index (κ1) is 13.6. The summed E-state index contributed by atoms with van der Waals surface area (Å²) < 4.78 is 2.18. The second kappa shape index (κ2) is 6.41. The van der Waals surface area contributed by atoms with Gasteiger partial charge in [0.1, 0.15) is 5.82 Å². The van der Waals surface area contributed by atoms with Crippen molar-refractivity contribution >= 4 is 11.8 Å². The molecule has 20 heavy (non-hydrogen) atoms. The minimum atomic E-state index is 0.562. The zero-order valence-electron chi connectivity index (χ0n) is 11.8. The van der Waals surface area contributed by atoms with Crippen LogP contribution in [0.5, 0.6) is 0 Å². The second-order valence-electron chi connectivity index (χ2n) is 5.33. The fourth-order valence-corrected chi connectivity index (χ4v) is 3.58. The summed E-state index contributed by atoms with van der Waals surface area (Å²) in [6, 6.07) is 10.5. The Morgan fingerprint density at radius 2 is 2.15 bits per heavy atom. The molecule has 1 saturated heterocycles. The molecule has 5 heteroatoms. The Morgan fingerprint density at radius 1 is 1.30 bits per heavy atom. The Bertz CT molecular complexity index is 546. The fraction of sp³-hybridized carbons (Fsp3) is 0.467. The first-order valence-electron chi connectivity index (χ1n) is 7.22. The van der Waals surface area contributed by atoms with Gasteiger partial charge < -0.3 is 9.88 Å². The molecule has 2 N–H and O–H groups in total. The van der Waals surface area contributed by atoms with E-state index in [0.29, 0.717) is 5.92 Å². The van der Waals surface area contributed by atoms with Crippen LogP contribution in [-0.4, -0.2) is 27.9 Å². The van der Waals surface area contributed by atoms with Gasteiger partial charge >= 0.3 is 0 Å². The van der Waals surface area contributed by atoms with Crippen LogP contribution in [0, 0.1) is 0 Å². The maximum atomic E-state index is 4.42. The monoisotopic (exact) mass is 289 g/mol. The zero-order valence-corrected chi connectivity index (χ0v) is 12.6. The van der Waals surface area contributed by atoms with E-state index in [1.54, 1.807) is 11.8 Å². The van der Waals surface area contributed by atoms with Gasteiger partial charge in [0.2, 0.25) is 0 Å². The second-order valence-corrected chi connectivity index (χ2v) is 6.27. The Hall–Kier alpha value is -1.33. The van der Waals surface area contributed by atoms with Crippen molar-refractivity contribution in [3.05, 3.63) is 41.7 Å². The normalized spacial score (nSPS) is 19.1. The lowest BCUT2D eigenvalue weighted by Crippen LogP contribution is -2.86. The summed E-state index contributed by atoms with van der Waals surface area (Å²) >= 11 is 1.76. The van der Waals surface area contributed by atoms with E-state index in [2.05, 4.69) is 51.4 Å². The highest BCUT2D eigenvalue weighted by molar-refractivity contribution is 7.98. The van der Waals surface area contributed by atoms with E-state index >= 15 is 0 Å². The van der Waals surface area contributed by atoms with Crippen LogP contribution in [0.3, 0.4) is 0 Å². The van der Waals surface area contributed by atoms with E-state index in [9.17, 15) is 0 Å². The Morgan fingerprint density at radius 3 is 2.90 bits per heavy atom. The van der Waals surface area contributed by atoms with Crippen LogP contribution in [0.2, 0.25) is 0 Å². The molecular formula is C15H21N4S+. The van der Waals surface area contributed by atoms with Crippen molar-refractivity contribution < 1.29 is 5.32 Å². The maximum Gasteiger partial charge on any atom is 0.191 e. The van der Waals surface area contributed by atoms with E-state index in [-0.39, 0.29) is 0 Å². The van der Waals surface area contributed by atoms with Crippen molar-refractivity contribution in [3.8, 4) is 0 Å². The summed E-state index contributed by atoms with van der Waals surface area (Å²) in [5, 5.41) is 12.2.